The summed E-state index contributed by atoms with van der Waals surface area (Å²) in [6.07, 6.45) is 7.45. The van der Waals surface area contributed by atoms with E-state index >= 15 is 0 Å². The second-order valence-corrected chi connectivity index (χ2v) is 6.12. The number of nitrogens with zero attached hydrogens (tertiary/aromatic N) is 4. The highest BCUT2D eigenvalue weighted by Crippen LogP contribution is 2.23. The normalized spacial score (nSPS) is 21.9. The van der Waals surface area contributed by atoms with Crippen LogP contribution in [0.5, 0.6) is 0 Å². The highest BCUT2D eigenvalue weighted by atomic mass is 16.2. The standard InChI is InChI=1S/C15H21N5O2/c1-10-5-3-4-6-12(10)18-13(21)8-20-9-16-14-11(15(20)22)7-17-19(14)2/h7,9-10,12H,3-6,8H2,1-2H3,(H,18,21). The molecule has 0 aromatic carbocycles. The van der Waals surface area contributed by atoms with Gasteiger partial charge in [-0.1, -0.05) is 19.8 Å². The van der Waals surface area contributed by atoms with Crippen molar-refractivity contribution in [3.8, 4) is 0 Å². The van der Waals surface area contributed by atoms with Crippen LogP contribution in [0.1, 0.15) is 32.6 Å². The van der Waals surface area contributed by atoms with Gasteiger partial charge in [0.1, 0.15) is 18.3 Å². The maximum atomic E-state index is 12.3. The van der Waals surface area contributed by atoms with Crippen LogP contribution in [0.3, 0.4) is 0 Å². The average Bonchev–Trinajstić information content (AvgIpc) is 2.87. The Labute approximate surface area is 128 Å². The number of rotatable bonds is 3. The lowest BCUT2D eigenvalue weighted by atomic mass is 9.86. The molecule has 2 aromatic heterocycles. The molecule has 3 rings (SSSR count). The van der Waals surface area contributed by atoms with E-state index in [0.717, 1.165) is 19.3 Å². The number of hydrogen-bond acceptors (Lipinski definition) is 4. The maximum absolute atomic E-state index is 12.3. The number of aryl methyl sites for hydroxylation is 1. The van der Waals surface area contributed by atoms with Gasteiger partial charge in [0, 0.05) is 13.1 Å². The summed E-state index contributed by atoms with van der Waals surface area (Å²) in [5.74, 6) is 0.360. The number of amides is 1. The molecule has 0 spiro atoms. The maximum Gasteiger partial charge on any atom is 0.264 e. The highest BCUT2D eigenvalue weighted by Gasteiger charge is 2.23. The first-order valence-corrected chi connectivity index (χ1v) is 7.73. The van der Waals surface area contributed by atoms with Crippen LogP contribution in [0, 0.1) is 5.92 Å². The van der Waals surface area contributed by atoms with Crippen LogP contribution in [0.25, 0.3) is 11.0 Å². The molecule has 2 atom stereocenters. The molecule has 1 amide bonds. The first-order valence-electron chi connectivity index (χ1n) is 7.73. The van der Waals surface area contributed by atoms with Gasteiger partial charge < -0.3 is 5.32 Å². The number of hydrogen-bond donors (Lipinski definition) is 1. The van der Waals surface area contributed by atoms with Crippen molar-refractivity contribution in [3.05, 3.63) is 22.9 Å². The van der Waals surface area contributed by atoms with Crippen LogP contribution < -0.4 is 10.9 Å². The fourth-order valence-electron chi connectivity index (χ4n) is 3.12. The zero-order valence-corrected chi connectivity index (χ0v) is 13.0. The van der Waals surface area contributed by atoms with Gasteiger partial charge in [0.2, 0.25) is 5.91 Å². The molecule has 0 bridgehead atoms. The third-order valence-electron chi connectivity index (χ3n) is 4.49. The van der Waals surface area contributed by atoms with E-state index in [1.165, 1.54) is 23.5 Å². The largest absolute Gasteiger partial charge is 0.352 e. The topological polar surface area (TPSA) is 81.8 Å². The molecule has 2 heterocycles. The number of carbonyl (C=O) groups excluding carboxylic acids is 1. The zero-order valence-electron chi connectivity index (χ0n) is 13.0. The smallest absolute Gasteiger partial charge is 0.264 e. The summed E-state index contributed by atoms with van der Waals surface area (Å²) in [7, 11) is 1.73. The minimum absolute atomic E-state index is 0.000111. The molecule has 22 heavy (non-hydrogen) atoms. The van der Waals surface area contributed by atoms with E-state index in [-0.39, 0.29) is 24.1 Å². The van der Waals surface area contributed by atoms with Gasteiger partial charge >= 0.3 is 0 Å². The van der Waals surface area contributed by atoms with Crippen LogP contribution >= 0.6 is 0 Å². The molecule has 0 aliphatic heterocycles. The minimum atomic E-state index is -0.232. The van der Waals surface area contributed by atoms with Crippen molar-refractivity contribution in [1.29, 1.82) is 0 Å². The van der Waals surface area contributed by atoms with Crippen molar-refractivity contribution in [2.45, 2.75) is 45.2 Å². The molecule has 7 heteroatoms. The van der Waals surface area contributed by atoms with Crippen LogP contribution in [0.15, 0.2) is 17.3 Å². The van der Waals surface area contributed by atoms with E-state index in [9.17, 15) is 9.59 Å². The van der Waals surface area contributed by atoms with E-state index in [1.807, 2.05) is 0 Å². The van der Waals surface area contributed by atoms with E-state index in [4.69, 9.17) is 0 Å². The van der Waals surface area contributed by atoms with Gasteiger partial charge in [-0.25, -0.2) is 4.98 Å². The van der Waals surface area contributed by atoms with Gasteiger partial charge in [-0.3, -0.25) is 18.8 Å². The Morgan fingerprint density at radius 3 is 2.95 bits per heavy atom. The number of nitrogens with one attached hydrogen (secondary N) is 1. The molecule has 1 saturated carbocycles. The third-order valence-corrected chi connectivity index (χ3v) is 4.49. The van der Waals surface area contributed by atoms with Crippen molar-refractivity contribution in [1.82, 2.24) is 24.6 Å². The molecule has 0 radical (unpaired) electrons. The van der Waals surface area contributed by atoms with Crippen LogP contribution in [-0.4, -0.2) is 31.3 Å². The summed E-state index contributed by atoms with van der Waals surface area (Å²) >= 11 is 0. The Hall–Kier alpha value is -2.18. The van der Waals surface area contributed by atoms with Gasteiger partial charge in [-0.2, -0.15) is 5.10 Å². The second-order valence-electron chi connectivity index (χ2n) is 6.12. The Bertz CT molecular complexity index is 748. The highest BCUT2D eigenvalue weighted by molar-refractivity contribution is 5.77. The molecule has 1 aliphatic carbocycles. The molecular formula is C15H21N5O2. The fourth-order valence-corrected chi connectivity index (χ4v) is 3.12. The van der Waals surface area contributed by atoms with E-state index in [0.29, 0.717) is 17.0 Å². The fraction of sp³-hybridized carbons (Fsp3) is 0.600. The minimum Gasteiger partial charge on any atom is -0.352 e. The monoisotopic (exact) mass is 303 g/mol. The van der Waals surface area contributed by atoms with E-state index in [1.54, 1.807) is 11.7 Å². The van der Waals surface area contributed by atoms with Crippen LogP contribution in [-0.2, 0) is 18.4 Å². The van der Waals surface area contributed by atoms with Crippen LogP contribution in [0.2, 0.25) is 0 Å². The van der Waals surface area contributed by atoms with E-state index < -0.39 is 0 Å². The Morgan fingerprint density at radius 1 is 1.41 bits per heavy atom. The first-order chi connectivity index (χ1) is 10.6. The number of aromatic nitrogens is 4. The lowest BCUT2D eigenvalue weighted by Crippen LogP contribution is -2.43. The predicted octanol–water partition coefficient (Wildman–Crippen LogP) is 0.825. The number of carbonyl (C=O) groups is 1. The average molecular weight is 303 g/mol. The molecule has 2 aromatic rings. The molecule has 7 nitrogen and oxygen atoms in total. The molecular weight excluding hydrogens is 282 g/mol. The summed E-state index contributed by atoms with van der Waals surface area (Å²) in [5.41, 5.74) is 0.299. The molecule has 1 aliphatic rings. The Balaban J connectivity index is 1.74. The lowest BCUT2D eigenvalue weighted by molar-refractivity contribution is -0.123. The quantitative estimate of drug-likeness (QED) is 0.910. The summed E-state index contributed by atoms with van der Waals surface area (Å²) in [5, 5.41) is 7.51. The van der Waals surface area contributed by atoms with Gasteiger partial charge in [0.25, 0.3) is 5.56 Å². The van der Waals surface area contributed by atoms with Crippen molar-refractivity contribution in [3.63, 3.8) is 0 Å². The van der Waals surface area contributed by atoms with Crippen molar-refractivity contribution in [2.24, 2.45) is 13.0 Å². The molecule has 0 saturated heterocycles. The van der Waals surface area contributed by atoms with E-state index in [2.05, 4.69) is 22.3 Å². The summed E-state index contributed by atoms with van der Waals surface area (Å²) in [4.78, 5) is 28.7. The summed E-state index contributed by atoms with van der Waals surface area (Å²) < 4.78 is 2.89. The van der Waals surface area contributed by atoms with Gasteiger partial charge in [0.15, 0.2) is 5.65 Å². The van der Waals surface area contributed by atoms with Gasteiger partial charge in [-0.05, 0) is 18.8 Å². The zero-order chi connectivity index (χ0) is 15.7. The van der Waals surface area contributed by atoms with Gasteiger partial charge in [-0.15, -0.1) is 0 Å². The molecule has 2 unspecified atom stereocenters. The van der Waals surface area contributed by atoms with Crippen LogP contribution in [0.4, 0.5) is 0 Å². The molecule has 118 valence electrons. The molecule has 1 fully saturated rings. The second kappa shape index (κ2) is 5.90. The van der Waals surface area contributed by atoms with Crippen molar-refractivity contribution < 1.29 is 4.79 Å². The summed E-state index contributed by atoms with van der Waals surface area (Å²) in [6.45, 7) is 2.17. The third kappa shape index (κ3) is 2.75. The van der Waals surface area contributed by atoms with Crippen molar-refractivity contribution in [2.75, 3.05) is 0 Å². The number of fused-ring (bicyclic) bond motifs is 1. The van der Waals surface area contributed by atoms with Crippen molar-refractivity contribution >= 4 is 16.9 Å². The molecule has 1 N–H and O–H groups in total. The lowest BCUT2D eigenvalue weighted by Gasteiger charge is -2.29. The Morgan fingerprint density at radius 2 is 2.18 bits per heavy atom. The SMILES string of the molecule is CC1CCCCC1NC(=O)Cn1cnc2c(cnn2C)c1=O. The Kier molecular flexibility index (Phi) is 3.96. The predicted molar refractivity (Wildman–Crippen MR) is 82.3 cm³/mol. The van der Waals surface area contributed by atoms with Gasteiger partial charge in [0.05, 0.1) is 6.20 Å². The summed E-state index contributed by atoms with van der Waals surface area (Å²) in [6, 6.07) is 0.215. The first kappa shape index (κ1) is 14.7.